The van der Waals surface area contributed by atoms with Gasteiger partial charge in [-0.15, -0.1) is 0 Å². The zero-order valence-corrected chi connectivity index (χ0v) is 32.8. The maximum atomic E-state index is 15.2. The molecule has 16 nitrogen and oxygen atoms in total. The average molecular weight is 798 g/mol. The molecule has 0 aromatic heterocycles. The number of aliphatic imine (C=N–C) groups is 1. The molecule has 16 heteroatoms. The topological polar surface area (TPSA) is 233 Å². The molecule has 7 atom stereocenters. The molecular formula is C42H55N9O7. The molecule has 1 aliphatic carbocycles. The van der Waals surface area contributed by atoms with Crippen LogP contribution in [0.5, 0.6) is 0 Å². The van der Waals surface area contributed by atoms with Gasteiger partial charge in [0.25, 0.3) is 0 Å². The van der Waals surface area contributed by atoms with E-state index in [0.717, 1.165) is 41.5 Å². The number of aliphatic hydroxyl groups is 1. The molecule has 2 aromatic rings. The Bertz CT molecular complexity index is 1940. The standard InChI is InChI=1S/C42H55N9O7/c43-42(44)46-18-7-14-30-37(54)45-17-8-16-36(53)49-22-28-12-3-1-9-25(28)19-33(49)38(55)48-31(24-52)40(57)50-23-29-13-4-2-10-26(29)20-35(50)41(58)51-32-15-6-5-11-27(32)21-34(51)39(56)47-30/h1-4,9-10,12-13,27,30-35,52H,5-8,11,14-24H2,(H,45,54)(H,47,56)(H,48,55)(H4,43,44,46)/t27?,30-,31-,32?,33-,34-,35+/m0/s1. The van der Waals surface area contributed by atoms with Crippen molar-refractivity contribution in [2.45, 2.75) is 120 Å². The molecule has 2 unspecified atom stereocenters. The van der Waals surface area contributed by atoms with Gasteiger partial charge in [0.15, 0.2) is 5.96 Å². The quantitative estimate of drug-likeness (QED) is 0.135. The van der Waals surface area contributed by atoms with Crippen molar-refractivity contribution >= 4 is 41.4 Å². The van der Waals surface area contributed by atoms with E-state index in [4.69, 9.17) is 11.5 Å². The van der Waals surface area contributed by atoms with E-state index in [1.54, 1.807) is 4.90 Å². The molecule has 2 aromatic carbocycles. The molecule has 310 valence electrons. The minimum atomic E-state index is -1.40. The number of fused-ring (bicyclic) bond motifs is 7. The summed E-state index contributed by atoms with van der Waals surface area (Å²) in [6, 6.07) is 9.58. The zero-order valence-electron chi connectivity index (χ0n) is 32.8. The summed E-state index contributed by atoms with van der Waals surface area (Å²) < 4.78 is 0. The van der Waals surface area contributed by atoms with E-state index in [0.29, 0.717) is 19.3 Å². The Kier molecular flexibility index (Phi) is 12.6. The van der Waals surface area contributed by atoms with Gasteiger partial charge in [-0.1, -0.05) is 61.4 Å². The summed E-state index contributed by atoms with van der Waals surface area (Å²) in [4.78, 5) is 94.6. The number of aliphatic hydroxyl groups excluding tert-OH is 1. The van der Waals surface area contributed by atoms with E-state index in [9.17, 15) is 29.1 Å². The second kappa shape index (κ2) is 18.0. The number of hydrogen-bond donors (Lipinski definition) is 6. The van der Waals surface area contributed by atoms with Gasteiger partial charge in [-0.25, -0.2) is 0 Å². The molecule has 6 amide bonds. The largest absolute Gasteiger partial charge is 0.394 e. The average Bonchev–Trinajstić information content (AvgIpc) is 3.63. The molecule has 5 aliphatic rings. The van der Waals surface area contributed by atoms with E-state index in [-0.39, 0.29) is 88.0 Å². The van der Waals surface area contributed by atoms with Crippen LogP contribution in [0.15, 0.2) is 53.5 Å². The molecule has 0 radical (unpaired) electrons. The van der Waals surface area contributed by atoms with E-state index in [1.807, 2.05) is 48.5 Å². The smallest absolute Gasteiger partial charge is 0.248 e. The second-order valence-electron chi connectivity index (χ2n) is 16.2. The summed E-state index contributed by atoms with van der Waals surface area (Å²) in [7, 11) is 0. The normalized spacial score (nSPS) is 28.4. The van der Waals surface area contributed by atoms with Gasteiger partial charge in [0, 0.05) is 51.5 Å². The van der Waals surface area contributed by atoms with Crippen LogP contribution in [0.25, 0.3) is 0 Å². The minimum Gasteiger partial charge on any atom is -0.394 e. The molecule has 2 saturated heterocycles. The van der Waals surface area contributed by atoms with Crippen molar-refractivity contribution in [2.75, 3.05) is 19.7 Å². The van der Waals surface area contributed by atoms with E-state index >= 15 is 4.79 Å². The molecule has 7 rings (SSSR count). The first-order chi connectivity index (χ1) is 28.0. The Morgan fingerprint density at radius 3 is 2.03 bits per heavy atom. The molecule has 58 heavy (non-hydrogen) atoms. The SMILES string of the molecule is NC(N)=NCCC[C@@H]1NC(=O)[C@@H]2CC3CCCCC3N2C(=O)[C@H]2Cc3ccccc3CN2C(=O)[C@H](CO)NC(=O)[C@@H]2Cc3ccccc3CN2C(=O)CCCNC1=O. The fraction of sp³-hybridized carbons (Fsp3) is 0.548. The summed E-state index contributed by atoms with van der Waals surface area (Å²) in [6.07, 6.45) is 5.08. The van der Waals surface area contributed by atoms with Crippen LogP contribution in [-0.2, 0) is 54.7 Å². The first-order valence-corrected chi connectivity index (χ1v) is 20.6. The van der Waals surface area contributed by atoms with Crippen LogP contribution in [0, 0.1) is 5.92 Å². The Labute approximate surface area is 338 Å². The summed E-state index contributed by atoms with van der Waals surface area (Å²) >= 11 is 0. The first kappa shape index (κ1) is 40.7. The Hall–Kier alpha value is -5.51. The lowest BCUT2D eigenvalue weighted by molar-refractivity contribution is -0.153. The predicted octanol–water partition coefficient (Wildman–Crippen LogP) is -0.0214. The summed E-state index contributed by atoms with van der Waals surface area (Å²) in [5, 5.41) is 19.3. The highest BCUT2D eigenvalue weighted by atomic mass is 16.3. The van der Waals surface area contributed by atoms with E-state index in [2.05, 4.69) is 20.9 Å². The molecule has 8 N–H and O–H groups in total. The van der Waals surface area contributed by atoms with Gasteiger partial charge in [0.2, 0.25) is 35.4 Å². The number of amides is 6. The third kappa shape index (κ3) is 8.66. The van der Waals surface area contributed by atoms with Gasteiger partial charge in [0.1, 0.15) is 30.2 Å². The second-order valence-corrected chi connectivity index (χ2v) is 16.2. The highest BCUT2D eigenvalue weighted by Gasteiger charge is 2.51. The minimum absolute atomic E-state index is 0.0207. The highest BCUT2D eigenvalue weighted by Crippen LogP contribution is 2.41. The van der Waals surface area contributed by atoms with Crippen LogP contribution in [0.2, 0.25) is 0 Å². The van der Waals surface area contributed by atoms with Gasteiger partial charge in [0.05, 0.1) is 6.61 Å². The third-order valence-corrected chi connectivity index (χ3v) is 12.6. The molecule has 0 bridgehead atoms. The van der Waals surface area contributed by atoms with Crippen molar-refractivity contribution in [3.05, 3.63) is 70.8 Å². The van der Waals surface area contributed by atoms with Gasteiger partial charge in [-0.2, -0.15) is 0 Å². The molecular weight excluding hydrogens is 743 g/mol. The monoisotopic (exact) mass is 797 g/mol. The Balaban J connectivity index is 1.25. The third-order valence-electron chi connectivity index (χ3n) is 12.6. The van der Waals surface area contributed by atoms with Crippen LogP contribution in [0.1, 0.15) is 80.0 Å². The Morgan fingerprint density at radius 1 is 0.724 bits per heavy atom. The lowest BCUT2D eigenvalue weighted by atomic mass is 9.84. The number of benzene rings is 2. The lowest BCUT2D eigenvalue weighted by Crippen LogP contribution is -2.63. The maximum Gasteiger partial charge on any atom is 0.248 e. The number of hydrogen-bond acceptors (Lipinski definition) is 8. The van der Waals surface area contributed by atoms with Gasteiger partial charge < -0.3 is 47.2 Å². The number of carbonyl (C=O) groups is 6. The van der Waals surface area contributed by atoms with Crippen LogP contribution in [0.3, 0.4) is 0 Å². The number of guanidine groups is 1. The summed E-state index contributed by atoms with van der Waals surface area (Å²) in [5.74, 6) is -2.84. The van der Waals surface area contributed by atoms with Crippen molar-refractivity contribution < 1.29 is 33.9 Å². The van der Waals surface area contributed by atoms with Crippen molar-refractivity contribution in [1.29, 1.82) is 0 Å². The fourth-order valence-electron chi connectivity index (χ4n) is 9.59. The summed E-state index contributed by atoms with van der Waals surface area (Å²) in [5.41, 5.74) is 14.6. The molecule has 4 aliphatic heterocycles. The number of nitrogens with two attached hydrogens (primary N) is 2. The van der Waals surface area contributed by atoms with E-state index < -0.39 is 60.4 Å². The van der Waals surface area contributed by atoms with Gasteiger partial charge >= 0.3 is 0 Å². The molecule has 3 fully saturated rings. The maximum absolute atomic E-state index is 15.2. The van der Waals surface area contributed by atoms with Crippen molar-refractivity contribution in [3.8, 4) is 0 Å². The lowest BCUT2D eigenvalue weighted by Gasteiger charge is -2.42. The van der Waals surface area contributed by atoms with Crippen molar-refractivity contribution in [1.82, 2.24) is 30.7 Å². The zero-order chi connectivity index (χ0) is 40.9. The van der Waals surface area contributed by atoms with Gasteiger partial charge in [-0.05, 0) is 66.7 Å². The van der Waals surface area contributed by atoms with Crippen LogP contribution in [0.4, 0.5) is 0 Å². The number of nitrogens with zero attached hydrogens (tertiary/aromatic N) is 4. The number of carbonyl (C=O) groups excluding carboxylic acids is 6. The molecule has 1 saturated carbocycles. The van der Waals surface area contributed by atoms with Crippen LogP contribution in [-0.4, -0.2) is 117 Å². The number of rotatable bonds is 5. The van der Waals surface area contributed by atoms with Crippen molar-refractivity contribution in [2.24, 2.45) is 22.4 Å². The first-order valence-electron chi connectivity index (χ1n) is 20.6. The van der Waals surface area contributed by atoms with Crippen LogP contribution >= 0.6 is 0 Å². The summed E-state index contributed by atoms with van der Waals surface area (Å²) in [6.45, 7) is -0.144. The predicted molar refractivity (Wildman–Crippen MR) is 213 cm³/mol. The fourth-order valence-corrected chi connectivity index (χ4v) is 9.59. The van der Waals surface area contributed by atoms with Crippen molar-refractivity contribution in [3.63, 3.8) is 0 Å². The van der Waals surface area contributed by atoms with E-state index in [1.165, 1.54) is 9.80 Å². The molecule has 0 spiro atoms. The highest BCUT2D eigenvalue weighted by molar-refractivity contribution is 5.97. The number of nitrogens with one attached hydrogen (secondary N) is 3. The van der Waals surface area contributed by atoms with Crippen LogP contribution < -0.4 is 27.4 Å². The van der Waals surface area contributed by atoms with Gasteiger partial charge in [-0.3, -0.25) is 33.8 Å². The Morgan fingerprint density at radius 2 is 1.34 bits per heavy atom. The molecule has 4 heterocycles.